The van der Waals surface area contributed by atoms with Crippen molar-refractivity contribution in [1.82, 2.24) is 9.55 Å². The third-order valence-electron chi connectivity index (χ3n) is 7.86. The quantitative estimate of drug-likeness (QED) is 0.216. The van der Waals surface area contributed by atoms with Gasteiger partial charge in [0.1, 0.15) is 0 Å². The highest BCUT2D eigenvalue weighted by Gasteiger charge is 2.19. The maximum Gasteiger partial charge on any atom is 0.0963 e. The van der Waals surface area contributed by atoms with E-state index in [1.165, 1.54) is 62.4 Å². The second kappa shape index (κ2) is 8.00. The number of rotatable bonds is 2. The van der Waals surface area contributed by atoms with E-state index in [0.29, 0.717) is 0 Å². The summed E-state index contributed by atoms with van der Waals surface area (Å²) in [6, 6.07) is 41.9. The van der Waals surface area contributed by atoms with Crippen LogP contribution in [0.15, 0.2) is 121 Å². The van der Waals surface area contributed by atoms with Crippen molar-refractivity contribution in [1.29, 1.82) is 0 Å². The van der Waals surface area contributed by atoms with Crippen molar-refractivity contribution in [2.45, 2.75) is 0 Å². The molecule has 2 nitrogen and oxygen atoms in total. The van der Waals surface area contributed by atoms with Crippen molar-refractivity contribution >= 4 is 85.0 Å². The summed E-state index contributed by atoms with van der Waals surface area (Å²) in [5.74, 6) is 0. The molecule has 0 N–H and O–H groups in total. The van der Waals surface area contributed by atoms with Crippen molar-refractivity contribution in [3.63, 3.8) is 0 Å². The van der Waals surface area contributed by atoms with E-state index in [4.69, 9.17) is 4.98 Å². The fourth-order valence-electron chi connectivity index (χ4n) is 6.16. The lowest BCUT2D eigenvalue weighted by molar-refractivity contribution is 1.18. The molecule has 0 aliphatic rings. The molecule has 4 aromatic heterocycles. The number of benzene rings is 5. The zero-order valence-corrected chi connectivity index (χ0v) is 22.4. The minimum absolute atomic E-state index is 1.05. The summed E-state index contributed by atoms with van der Waals surface area (Å²) in [7, 11) is 0. The molecule has 0 aliphatic carbocycles. The average molecular weight is 533 g/mol. The molecule has 0 fully saturated rings. The number of nitrogens with zero attached hydrogens (tertiary/aromatic N) is 2. The molecule has 0 bridgehead atoms. The number of thiophene rings is 2. The Labute approximate surface area is 232 Å². The van der Waals surface area contributed by atoms with Crippen LogP contribution in [0.1, 0.15) is 0 Å². The van der Waals surface area contributed by atoms with E-state index in [2.05, 4.69) is 114 Å². The van der Waals surface area contributed by atoms with Crippen molar-refractivity contribution in [3.05, 3.63) is 121 Å². The standard InChI is InChI=1S/C35H20N2S2/c1-3-12-29-24(7-1)25-10-5-9-23(35(25)39-29)21-14-16-22(17-15-21)37-28-11-6-20-36-33(28)27-18-19-31-32(34(27)37)26-8-2-4-13-30(26)38-31/h1-20H. The Kier molecular flexibility index (Phi) is 4.39. The van der Waals surface area contributed by atoms with Gasteiger partial charge in [0.2, 0.25) is 0 Å². The van der Waals surface area contributed by atoms with Crippen LogP contribution in [0.3, 0.4) is 0 Å². The lowest BCUT2D eigenvalue weighted by Crippen LogP contribution is -1.94. The summed E-state index contributed by atoms with van der Waals surface area (Å²) in [5.41, 5.74) is 7.09. The molecular weight excluding hydrogens is 513 g/mol. The first-order valence-corrected chi connectivity index (χ1v) is 14.7. The summed E-state index contributed by atoms with van der Waals surface area (Å²) in [6.45, 7) is 0. The summed E-state index contributed by atoms with van der Waals surface area (Å²) in [6.07, 6.45) is 1.90. The van der Waals surface area contributed by atoms with Gasteiger partial charge < -0.3 is 4.57 Å². The van der Waals surface area contributed by atoms with Gasteiger partial charge in [0, 0.05) is 57.6 Å². The van der Waals surface area contributed by atoms with E-state index in [9.17, 15) is 0 Å². The molecule has 9 aromatic rings. The van der Waals surface area contributed by atoms with Gasteiger partial charge in [-0.1, -0.05) is 66.7 Å². The van der Waals surface area contributed by atoms with Crippen LogP contribution in [-0.4, -0.2) is 9.55 Å². The van der Waals surface area contributed by atoms with Crippen LogP contribution < -0.4 is 0 Å². The molecule has 4 heteroatoms. The van der Waals surface area contributed by atoms with Gasteiger partial charge in [-0.25, -0.2) is 0 Å². The second-order valence-electron chi connectivity index (χ2n) is 9.97. The van der Waals surface area contributed by atoms with Gasteiger partial charge in [0.15, 0.2) is 0 Å². The van der Waals surface area contributed by atoms with Crippen molar-refractivity contribution in [2.75, 3.05) is 0 Å². The zero-order valence-electron chi connectivity index (χ0n) is 20.8. The lowest BCUT2D eigenvalue weighted by Gasteiger charge is -2.11. The SMILES string of the molecule is c1ccc2c(c1)sc1c(-c3ccc(-n4c5cccnc5c5ccc6sc7ccccc7c6c54)cc3)cccc12. The van der Waals surface area contributed by atoms with Crippen LogP contribution in [0.25, 0.3) is 79.1 Å². The largest absolute Gasteiger partial charge is 0.307 e. The normalized spacial score (nSPS) is 12.1. The van der Waals surface area contributed by atoms with Crippen LogP contribution in [0.2, 0.25) is 0 Å². The molecule has 0 saturated heterocycles. The Morgan fingerprint density at radius 3 is 2.18 bits per heavy atom. The predicted octanol–water partition coefficient (Wildman–Crippen LogP) is 10.6. The van der Waals surface area contributed by atoms with E-state index in [0.717, 1.165) is 16.7 Å². The van der Waals surface area contributed by atoms with Gasteiger partial charge in [-0.3, -0.25) is 4.98 Å². The predicted molar refractivity (Wildman–Crippen MR) is 170 cm³/mol. The second-order valence-corrected chi connectivity index (χ2v) is 12.1. The summed E-state index contributed by atoms with van der Waals surface area (Å²) >= 11 is 3.74. The number of fused-ring (bicyclic) bond motifs is 10. The van der Waals surface area contributed by atoms with Crippen LogP contribution in [0.5, 0.6) is 0 Å². The van der Waals surface area contributed by atoms with E-state index < -0.39 is 0 Å². The molecule has 0 radical (unpaired) electrons. The van der Waals surface area contributed by atoms with Crippen LogP contribution >= 0.6 is 22.7 Å². The van der Waals surface area contributed by atoms with Gasteiger partial charge in [-0.15, -0.1) is 22.7 Å². The third kappa shape index (κ3) is 2.98. The molecule has 39 heavy (non-hydrogen) atoms. The van der Waals surface area contributed by atoms with Gasteiger partial charge in [-0.2, -0.15) is 0 Å². The van der Waals surface area contributed by atoms with Gasteiger partial charge in [-0.05, 0) is 59.7 Å². The number of hydrogen-bond donors (Lipinski definition) is 0. The monoisotopic (exact) mass is 532 g/mol. The Hall–Kier alpha value is -4.51. The number of aromatic nitrogens is 2. The molecule has 0 atom stereocenters. The summed E-state index contributed by atoms with van der Waals surface area (Å²) in [5, 5.41) is 6.48. The summed E-state index contributed by atoms with van der Waals surface area (Å²) < 4.78 is 7.71. The molecule has 9 rings (SSSR count). The Balaban J connectivity index is 1.31. The van der Waals surface area contributed by atoms with E-state index in [1.54, 1.807) is 0 Å². The zero-order chi connectivity index (χ0) is 25.5. The molecule has 0 unspecified atom stereocenters. The Morgan fingerprint density at radius 1 is 0.538 bits per heavy atom. The first-order valence-electron chi connectivity index (χ1n) is 13.1. The Morgan fingerprint density at radius 2 is 1.31 bits per heavy atom. The lowest BCUT2D eigenvalue weighted by atomic mass is 10.0. The van der Waals surface area contributed by atoms with E-state index in [-0.39, 0.29) is 0 Å². The maximum atomic E-state index is 4.83. The maximum absolute atomic E-state index is 4.83. The van der Waals surface area contributed by atoms with Crippen LogP contribution in [0.4, 0.5) is 0 Å². The molecule has 0 aliphatic heterocycles. The molecule has 0 saturated carbocycles. The molecule has 4 heterocycles. The molecule has 0 spiro atoms. The minimum atomic E-state index is 1.05. The van der Waals surface area contributed by atoms with Crippen molar-refractivity contribution in [3.8, 4) is 16.8 Å². The van der Waals surface area contributed by atoms with E-state index >= 15 is 0 Å². The van der Waals surface area contributed by atoms with Gasteiger partial charge in [0.05, 0.1) is 16.6 Å². The molecule has 5 aromatic carbocycles. The first-order chi connectivity index (χ1) is 19.3. The van der Waals surface area contributed by atoms with Gasteiger partial charge in [0.25, 0.3) is 0 Å². The number of hydrogen-bond acceptors (Lipinski definition) is 3. The minimum Gasteiger partial charge on any atom is -0.307 e. The highest BCUT2D eigenvalue weighted by atomic mass is 32.1. The number of pyridine rings is 1. The molecular formula is C35H20N2S2. The van der Waals surface area contributed by atoms with E-state index in [1.807, 2.05) is 34.9 Å². The topological polar surface area (TPSA) is 17.8 Å². The highest BCUT2D eigenvalue weighted by molar-refractivity contribution is 7.26. The molecule has 182 valence electrons. The average Bonchev–Trinajstić information content (AvgIpc) is 3.66. The van der Waals surface area contributed by atoms with Crippen molar-refractivity contribution in [2.24, 2.45) is 0 Å². The fourth-order valence-corrected chi connectivity index (χ4v) is 8.51. The summed E-state index contributed by atoms with van der Waals surface area (Å²) in [4.78, 5) is 4.83. The Bertz CT molecular complexity index is 2390. The first kappa shape index (κ1) is 21.4. The van der Waals surface area contributed by atoms with Crippen molar-refractivity contribution < 1.29 is 0 Å². The van der Waals surface area contributed by atoms with Crippen LogP contribution in [-0.2, 0) is 0 Å². The highest BCUT2D eigenvalue weighted by Crippen LogP contribution is 2.43. The van der Waals surface area contributed by atoms with Crippen LogP contribution in [0, 0.1) is 0 Å². The molecule has 0 amide bonds. The van der Waals surface area contributed by atoms with Gasteiger partial charge >= 0.3 is 0 Å². The third-order valence-corrected chi connectivity index (χ3v) is 10.2. The fraction of sp³-hybridized carbons (Fsp3) is 0. The smallest absolute Gasteiger partial charge is 0.0963 e.